The van der Waals surface area contributed by atoms with Gasteiger partial charge >= 0.3 is 0 Å². The van der Waals surface area contributed by atoms with Crippen LogP contribution in [0.5, 0.6) is 0 Å². The van der Waals surface area contributed by atoms with Gasteiger partial charge in [0, 0.05) is 23.2 Å². The van der Waals surface area contributed by atoms with Crippen molar-refractivity contribution in [3.8, 4) is 0 Å². The van der Waals surface area contributed by atoms with Gasteiger partial charge in [0.2, 0.25) is 0 Å². The number of halogens is 3. The molecule has 0 bridgehead atoms. The molecule has 0 amide bonds. The minimum atomic E-state index is -1.17. The predicted octanol–water partition coefficient (Wildman–Crippen LogP) is 3.26. The lowest BCUT2D eigenvalue weighted by Crippen LogP contribution is -2.17. The molecule has 0 radical (unpaired) electrons. The van der Waals surface area contributed by atoms with Gasteiger partial charge in [0.15, 0.2) is 11.6 Å². The van der Waals surface area contributed by atoms with Crippen molar-refractivity contribution in [3.05, 3.63) is 35.3 Å². The fourth-order valence-electron chi connectivity index (χ4n) is 1.86. The Labute approximate surface area is 96.8 Å². The summed E-state index contributed by atoms with van der Waals surface area (Å²) in [7, 11) is 0. The molecule has 1 unspecified atom stereocenters. The highest BCUT2D eigenvalue weighted by molar-refractivity contribution is 5.82. The Morgan fingerprint density at radius 1 is 1.24 bits per heavy atom. The van der Waals surface area contributed by atoms with Gasteiger partial charge in [-0.3, -0.25) is 0 Å². The SMILES string of the molecule is CCNC(C)c1cc2c(F)c(F)cc(F)c2[nH]1. The number of nitrogens with one attached hydrogen (secondary N) is 2. The van der Waals surface area contributed by atoms with E-state index in [1.165, 1.54) is 6.07 Å². The number of aromatic amines is 1. The molecular formula is C12H13F3N2. The van der Waals surface area contributed by atoms with Gasteiger partial charge in [-0.1, -0.05) is 6.92 Å². The van der Waals surface area contributed by atoms with E-state index in [1.807, 2.05) is 13.8 Å². The van der Waals surface area contributed by atoms with Crippen LogP contribution in [0, 0.1) is 17.5 Å². The summed E-state index contributed by atoms with van der Waals surface area (Å²) in [6.45, 7) is 4.52. The molecule has 92 valence electrons. The van der Waals surface area contributed by atoms with Crippen molar-refractivity contribution in [2.45, 2.75) is 19.9 Å². The Balaban J connectivity index is 2.57. The molecule has 1 atom stereocenters. The van der Waals surface area contributed by atoms with Gasteiger partial charge in [0.25, 0.3) is 0 Å². The Kier molecular flexibility index (Phi) is 3.11. The van der Waals surface area contributed by atoms with Crippen LogP contribution in [0.25, 0.3) is 10.9 Å². The van der Waals surface area contributed by atoms with Crippen molar-refractivity contribution in [3.63, 3.8) is 0 Å². The van der Waals surface area contributed by atoms with E-state index in [4.69, 9.17) is 0 Å². The number of benzene rings is 1. The maximum absolute atomic E-state index is 13.5. The topological polar surface area (TPSA) is 27.8 Å². The molecule has 0 aliphatic carbocycles. The molecule has 0 fully saturated rings. The van der Waals surface area contributed by atoms with Crippen molar-refractivity contribution in [2.24, 2.45) is 0 Å². The van der Waals surface area contributed by atoms with E-state index >= 15 is 0 Å². The standard InChI is InChI=1S/C12H13F3N2/c1-3-16-6(2)10-4-7-11(15)8(13)5-9(14)12(7)17-10/h4-6,16-17H,3H2,1-2H3. The molecule has 0 saturated carbocycles. The van der Waals surface area contributed by atoms with Crippen LogP contribution in [0.1, 0.15) is 25.6 Å². The van der Waals surface area contributed by atoms with Crippen molar-refractivity contribution < 1.29 is 13.2 Å². The number of aromatic nitrogens is 1. The lowest BCUT2D eigenvalue weighted by molar-refractivity contribution is 0.505. The van der Waals surface area contributed by atoms with E-state index < -0.39 is 17.5 Å². The Bertz CT molecular complexity index is 548. The average molecular weight is 242 g/mol. The summed E-state index contributed by atoms with van der Waals surface area (Å²) < 4.78 is 39.9. The number of fused-ring (bicyclic) bond motifs is 1. The molecule has 1 aromatic heterocycles. The molecule has 2 nitrogen and oxygen atoms in total. The van der Waals surface area contributed by atoms with Gasteiger partial charge in [0.05, 0.1) is 5.52 Å². The van der Waals surface area contributed by atoms with E-state index in [2.05, 4.69) is 10.3 Å². The largest absolute Gasteiger partial charge is 0.355 e. The zero-order chi connectivity index (χ0) is 12.6. The van der Waals surface area contributed by atoms with Crippen molar-refractivity contribution >= 4 is 10.9 Å². The zero-order valence-electron chi connectivity index (χ0n) is 9.57. The normalized spacial score (nSPS) is 13.2. The second kappa shape index (κ2) is 4.41. The third-order valence-corrected chi connectivity index (χ3v) is 2.75. The summed E-state index contributed by atoms with van der Waals surface area (Å²) in [4.78, 5) is 2.77. The van der Waals surface area contributed by atoms with Crippen LogP contribution < -0.4 is 5.32 Å². The highest BCUT2D eigenvalue weighted by Gasteiger charge is 2.16. The van der Waals surface area contributed by atoms with E-state index in [1.54, 1.807) is 0 Å². The van der Waals surface area contributed by atoms with Crippen molar-refractivity contribution in [1.82, 2.24) is 10.3 Å². The molecule has 1 heterocycles. The second-order valence-electron chi connectivity index (χ2n) is 3.95. The highest BCUT2D eigenvalue weighted by Crippen LogP contribution is 2.26. The van der Waals surface area contributed by atoms with Gasteiger partial charge in [-0.2, -0.15) is 0 Å². The van der Waals surface area contributed by atoms with E-state index in [-0.39, 0.29) is 16.9 Å². The number of rotatable bonds is 3. The smallest absolute Gasteiger partial charge is 0.168 e. The molecule has 2 aromatic rings. The fraction of sp³-hybridized carbons (Fsp3) is 0.333. The van der Waals surface area contributed by atoms with Gasteiger partial charge in [-0.15, -0.1) is 0 Å². The first-order chi connectivity index (χ1) is 8.04. The van der Waals surface area contributed by atoms with Crippen LogP contribution in [-0.2, 0) is 0 Å². The summed E-state index contributed by atoms with van der Waals surface area (Å²) in [6, 6.07) is 1.91. The third-order valence-electron chi connectivity index (χ3n) is 2.75. The minimum Gasteiger partial charge on any atom is -0.355 e. The molecule has 5 heteroatoms. The number of hydrogen-bond donors (Lipinski definition) is 2. The molecule has 0 aliphatic heterocycles. The first-order valence-corrected chi connectivity index (χ1v) is 5.44. The molecule has 0 aliphatic rings. The first kappa shape index (κ1) is 12.0. The summed E-state index contributed by atoms with van der Waals surface area (Å²) in [5.41, 5.74) is 0.633. The maximum Gasteiger partial charge on any atom is 0.168 e. The van der Waals surface area contributed by atoms with Crippen LogP contribution in [0.3, 0.4) is 0 Å². The molecule has 2 rings (SSSR count). The lowest BCUT2D eigenvalue weighted by atomic mass is 10.2. The molecule has 0 saturated heterocycles. The van der Waals surface area contributed by atoms with Gasteiger partial charge < -0.3 is 10.3 Å². The van der Waals surface area contributed by atoms with Crippen molar-refractivity contribution in [2.75, 3.05) is 6.54 Å². The monoisotopic (exact) mass is 242 g/mol. The number of H-pyrrole nitrogens is 1. The van der Waals surface area contributed by atoms with E-state index in [9.17, 15) is 13.2 Å². The Hall–Kier alpha value is -1.49. The molecule has 2 N–H and O–H groups in total. The Morgan fingerprint density at radius 3 is 2.59 bits per heavy atom. The minimum absolute atomic E-state index is 0.00338. The molecule has 17 heavy (non-hydrogen) atoms. The number of hydrogen-bond acceptors (Lipinski definition) is 1. The third kappa shape index (κ3) is 2.02. The van der Waals surface area contributed by atoms with Crippen LogP contribution in [-0.4, -0.2) is 11.5 Å². The highest BCUT2D eigenvalue weighted by atomic mass is 19.2. The quantitative estimate of drug-likeness (QED) is 0.794. The van der Waals surface area contributed by atoms with Gasteiger partial charge in [-0.25, -0.2) is 13.2 Å². The van der Waals surface area contributed by atoms with Crippen LogP contribution in [0.15, 0.2) is 12.1 Å². The predicted molar refractivity (Wildman–Crippen MR) is 60.3 cm³/mol. The van der Waals surface area contributed by atoms with Gasteiger partial charge in [0.1, 0.15) is 5.82 Å². The summed E-state index contributed by atoms with van der Waals surface area (Å²) >= 11 is 0. The Morgan fingerprint density at radius 2 is 1.94 bits per heavy atom. The molecular weight excluding hydrogens is 229 g/mol. The fourth-order valence-corrected chi connectivity index (χ4v) is 1.86. The first-order valence-electron chi connectivity index (χ1n) is 5.44. The van der Waals surface area contributed by atoms with Crippen LogP contribution >= 0.6 is 0 Å². The van der Waals surface area contributed by atoms with Crippen LogP contribution in [0.4, 0.5) is 13.2 Å². The van der Waals surface area contributed by atoms with Gasteiger partial charge in [-0.05, 0) is 19.5 Å². The average Bonchev–Trinajstić information content (AvgIpc) is 2.72. The van der Waals surface area contributed by atoms with Crippen molar-refractivity contribution in [1.29, 1.82) is 0 Å². The molecule has 0 spiro atoms. The summed E-state index contributed by atoms with van der Waals surface area (Å²) in [6.07, 6.45) is 0. The summed E-state index contributed by atoms with van der Waals surface area (Å²) in [5.74, 6) is -2.97. The van der Waals surface area contributed by atoms with E-state index in [0.29, 0.717) is 11.8 Å². The second-order valence-corrected chi connectivity index (χ2v) is 3.95. The maximum atomic E-state index is 13.5. The van der Waals surface area contributed by atoms with Crippen LogP contribution in [0.2, 0.25) is 0 Å². The summed E-state index contributed by atoms with van der Waals surface area (Å²) in [5, 5.41) is 3.05. The lowest BCUT2D eigenvalue weighted by Gasteiger charge is -2.09. The van der Waals surface area contributed by atoms with E-state index in [0.717, 1.165) is 6.54 Å². The zero-order valence-corrected chi connectivity index (χ0v) is 9.57. The molecule has 1 aromatic carbocycles.